The van der Waals surface area contributed by atoms with E-state index in [9.17, 15) is 0 Å². The van der Waals surface area contributed by atoms with E-state index in [1.807, 2.05) is 6.07 Å². The minimum Gasteiger partial charge on any atom is -0.370 e. The molecule has 1 N–H and O–H groups in total. The summed E-state index contributed by atoms with van der Waals surface area (Å²) in [6.07, 6.45) is 5.18. The molecule has 0 atom stereocenters. The van der Waals surface area contributed by atoms with Gasteiger partial charge in [0.05, 0.1) is 0 Å². The lowest BCUT2D eigenvalue weighted by atomic mass is 9.75. The Morgan fingerprint density at radius 3 is 2.63 bits per heavy atom. The van der Waals surface area contributed by atoms with Crippen molar-refractivity contribution in [3.8, 4) is 0 Å². The molecule has 1 aliphatic rings. The van der Waals surface area contributed by atoms with Gasteiger partial charge in [-0.3, -0.25) is 0 Å². The van der Waals surface area contributed by atoms with Gasteiger partial charge in [-0.2, -0.15) is 0 Å². The average Bonchev–Trinajstić information content (AvgIpc) is 2.39. The minimum atomic E-state index is 0.524. The first kappa shape index (κ1) is 14.2. The molecule has 1 aliphatic carbocycles. The second-order valence-corrected chi connectivity index (χ2v) is 6.42. The molecule has 1 aromatic rings. The standard InChI is InChI=1S/C16H27N3/c1-5-17-14-7-6-8-15(18-14)19(4)13-9-11-16(2,3)12-10-13/h6-8,13H,5,9-12H2,1-4H3,(H,17,18). The molecule has 0 radical (unpaired) electrons. The number of aromatic nitrogens is 1. The SMILES string of the molecule is CCNc1cccc(N(C)C2CCC(C)(C)CC2)n1. The molecule has 0 amide bonds. The maximum absolute atomic E-state index is 4.69. The van der Waals surface area contributed by atoms with Crippen LogP contribution in [0.4, 0.5) is 11.6 Å². The molecule has 19 heavy (non-hydrogen) atoms. The molecule has 0 saturated heterocycles. The highest BCUT2D eigenvalue weighted by Gasteiger charge is 2.29. The lowest BCUT2D eigenvalue weighted by molar-refractivity contribution is 0.222. The third-order valence-electron chi connectivity index (χ3n) is 4.31. The maximum Gasteiger partial charge on any atom is 0.130 e. The van der Waals surface area contributed by atoms with E-state index in [2.05, 4.69) is 55.2 Å². The van der Waals surface area contributed by atoms with E-state index in [-0.39, 0.29) is 0 Å². The quantitative estimate of drug-likeness (QED) is 0.890. The molecule has 1 fully saturated rings. The van der Waals surface area contributed by atoms with E-state index in [1.54, 1.807) is 0 Å². The van der Waals surface area contributed by atoms with Gasteiger partial charge in [-0.05, 0) is 50.2 Å². The van der Waals surface area contributed by atoms with Gasteiger partial charge in [-0.15, -0.1) is 0 Å². The Morgan fingerprint density at radius 2 is 2.00 bits per heavy atom. The Hall–Kier alpha value is -1.25. The summed E-state index contributed by atoms with van der Waals surface area (Å²) in [5, 5.41) is 3.28. The predicted octanol–water partition coefficient (Wildman–Crippen LogP) is 3.92. The fourth-order valence-corrected chi connectivity index (χ4v) is 2.86. The maximum atomic E-state index is 4.69. The van der Waals surface area contributed by atoms with E-state index in [0.29, 0.717) is 11.5 Å². The fourth-order valence-electron chi connectivity index (χ4n) is 2.86. The van der Waals surface area contributed by atoms with Gasteiger partial charge in [-0.25, -0.2) is 4.98 Å². The minimum absolute atomic E-state index is 0.524. The topological polar surface area (TPSA) is 28.2 Å². The number of pyridine rings is 1. The van der Waals surface area contributed by atoms with Gasteiger partial charge in [0.15, 0.2) is 0 Å². The number of anilines is 2. The Bertz CT molecular complexity index is 404. The monoisotopic (exact) mass is 261 g/mol. The molecule has 1 heterocycles. The Balaban J connectivity index is 2.03. The highest BCUT2D eigenvalue weighted by Crippen LogP contribution is 2.37. The molecule has 3 heteroatoms. The number of nitrogens with one attached hydrogen (secondary N) is 1. The van der Waals surface area contributed by atoms with Crippen LogP contribution >= 0.6 is 0 Å². The van der Waals surface area contributed by atoms with Gasteiger partial charge in [0, 0.05) is 19.6 Å². The summed E-state index contributed by atoms with van der Waals surface area (Å²) in [5.74, 6) is 2.06. The smallest absolute Gasteiger partial charge is 0.130 e. The van der Waals surface area contributed by atoms with Crippen LogP contribution in [0.25, 0.3) is 0 Å². The average molecular weight is 261 g/mol. The number of hydrogen-bond acceptors (Lipinski definition) is 3. The van der Waals surface area contributed by atoms with Gasteiger partial charge < -0.3 is 10.2 Å². The highest BCUT2D eigenvalue weighted by atomic mass is 15.2. The van der Waals surface area contributed by atoms with Crippen LogP contribution in [-0.2, 0) is 0 Å². The van der Waals surface area contributed by atoms with E-state index >= 15 is 0 Å². The molecule has 106 valence electrons. The first-order valence-corrected chi connectivity index (χ1v) is 7.45. The van der Waals surface area contributed by atoms with Crippen LogP contribution < -0.4 is 10.2 Å². The molecule has 3 nitrogen and oxygen atoms in total. The normalized spacial score (nSPS) is 19.2. The van der Waals surface area contributed by atoms with Gasteiger partial charge >= 0.3 is 0 Å². The molecule has 1 saturated carbocycles. The van der Waals surface area contributed by atoms with Crippen molar-refractivity contribution in [2.45, 2.75) is 52.5 Å². The van der Waals surface area contributed by atoms with Gasteiger partial charge in [0.1, 0.15) is 11.6 Å². The third kappa shape index (κ3) is 3.62. The van der Waals surface area contributed by atoms with E-state index in [0.717, 1.165) is 18.2 Å². The van der Waals surface area contributed by atoms with Crippen LogP contribution in [0, 0.1) is 5.41 Å². The van der Waals surface area contributed by atoms with Crippen molar-refractivity contribution in [1.29, 1.82) is 0 Å². The van der Waals surface area contributed by atoms with Crippen molar-refractivity contribution in [3.63, 3.8) is 0 Å². The van der Waals surface area contributed by atoms with Gasteiger partial charge in [0.2, 0.25) is 0 Å². The van der Waals surface area contributed by atoms with Crippen molar-refractivity contribution >= 4 is 11.6 Å². The molecule has 0 aromatic carbocycles. The zero-order valence-electron chi connectivity index (χ0n) is 12.7. The van der Waals surface area contributed by atoms with E-state index in [4.69, 9.17) is 0 Å². The Labute approximate surface area is 117 Å². The summed E-state index contributed by atoms with van der Waals surface area (Å²) in [4.78, 5) is 7.05. The summed E-state index contributed by atoms with van der Waals surface area (Å²) in [7, 11) is 2.18. The van der Waals surface area contributed by atoms with E-state index < -0.39 is 0 Å². The third-order valence-corrected chi connectivity index (χ3v) is 4.31. The van der Waals surface area contributed by atoms with Crippen LogP contribution in [-0.4, -0.2) is 24.6 Å². The van der Waals surface area contributed by atoms with Crippen molar-refractivity contribution in [3.05, 3.63) is 18.2 Å². The molecule has 2 rings (SSSR count). The lowest BCUT2D eigenvalue weighted by Gasteiger charge is -2.39. The van der Waals surface area contributed by atoms with Crippen LogP contribution in [0.15, 0.2) is 18.2 Å². The van der Waals surface area contributed by atoms with Crippen LogP contribution in [0.1, 0.15) is 46.5 Å². The number of rotatable bonds is 4. The Morgan fingerprint density at radius 1 is 1.32 bits per heavy atom. The molecule has 0 spiro atoms. The first-order chi connectivity index (χ1) is 9.02. The highest BCUT2D eigenvalue weighted by molar-refractivity contribution is 5.47. The van der Waals surface area contributed by atoms with Gasteiger partial charge in [0.25, 0.3) is 0 Å². The van der Waals surface area contributed by atoms with Crippen LogP contribution in [0.3, 0.4) is 0 Å². The fraction of sp³-hybridized carbons (Fsp3) is 0.688. The molecule has 0 unspecified atom stereocenters. The Kier molecular flexibility index (Phi) is 4.33. The largest absolute Gasteiger partial charge is 0.370 e. The van der Waals surface area contributed by atoms with Crippen LogP contribution in [0.5, 0.6) is 0 Å². The molecule has 0 aliphatic heterocycles. The zero-order chi connectivity index (χ0) is 13.9. The summed E-state index contributed by atoms with van der Waals surface area (Å²) in [5.41, 5.74) is 0.524. The molecular weight excluding hydrogens is 234 g/mol. The molecule has 0 bridgehead atoms. The van der Waals surface area contributed by atoms with Crippen LogP contribution in [0.2, 0.25) is 0 Å². The molecule has 1 aromatic heterocycles. The summed E-state index contributed by atoms with van der Waals surface area (Å²) >= 11 is 0. The summed E-state index contributed by atoms with van der Waals surface area (Å²) in [6, 6.07) is 6.87. The zero-order valence-corrected chi connectivity index (χ0v) is 12.7. The van der Waals surface area contributed by atoms with Crippen molar-refractivity contribution in [1.82, 2.24) is 4.98 Å². The second-order valence-electron chi connectivity index (χ2n) is 6.42. The van der Waals surface area contributed by atoms with Crippen molar-refractivity contribution in [2.24, 2.45) is 5.41 Å². The summed E-state index contributed by atoms with van der Waals surface area (Å²) in [6.45, 7) is 7.78. The van der Waals surface area contributed by atoms with Crippen molar-refractivity contribution < 1.29 is 0 Å². The number of hydrogen-bond donors (Lipinski definition) is 1. The van der Waals surface area contributed by atoms with Crippen molar-refractivity contribution in [2.75, 3.05) is 23.8 Å². The second kappa shape index (κ2) is 5.81. The predicted molar refractivity (Wildman–Crippen MR) is 82.8 cm³/mol. The van der Waals surface area contributed by atoms with Gasteiger partial charge in [-0.1, -0.05) is 19.9 Å². The van der Waals surface area contributed by atoms with E-state index in [1.165, 1.54) is 25.7 Å². The number of nitrogens with zero attached hydrogens (tertiary/aromatic N) is 2. The summed E-state index contributed by atoms with van der Waals surface area (Å²) < 4.78 is 0. The first-order valence-electron chi connectivity index (χ1n) is 7.45. The lowest BCUT2D eigenvalue weighted by Crippen LogP contribution is -2.37. The molecular formula is C16H27N3.